The predicted octanol–water partition coefficient (Wildman–Crippen LogP) is 1.50. The lowest BCUT2D eigenvalue weighted by molar-refractivity contribution is 0.0754. The number of ether oxygens (including phenoxy) is 1. The Bertz CT molecular complexity index is 881. The third-order valence-electron chi connectivity index (χ3n) is 5.96. The summed E-state index contributed by atoms with van der Waals surface area (Å²) in [5, 5.41) is 19.1. The van der Waals surface area contributed by atoms with E-state index < -0.39 is 0 Å². The van der Waals surface area contributed by atoms with E-state index in [1.54, 1.807) is 13.2 Å². The van der Waals surface area contributed by atoms with Gasteiger partial charge in [0.1, 0.15) is 11.6 Å². The van der Waals surface area contributed by atoms with Crippen LogP contribution in [-0.2, 0) is 13.0 Å². The summed E-state index contributed by atoms with van der Waals surface area (Å²) >= 11 is 0. The van der Waals surface area contributed by atoms with Crippen LogP contribution in [0.4, 0.5) is 0 Å². The molecule has 1 fully saturated rings. The fraction of sp³-hybridized carbons (Fsp3) is 0.571. The molecule has 3 heterocycles. The van der Waals surface area contributed by atoms with Gasteiger partial charge in [0.05, 0.1) is 24.8 Å². The van der Waals surface area contributed by atoms with Gasteiger partial charge in [0.15, 0.2) is 5.82 Å². The van der Waals surface area contributed by atoms with Crippen molar-refractivity contribution in [3.05, 3.63) is 41.5 Å². The molecule has 8 nitrogen and oxygen atoms in total. The Morgan fingerprint density at radius 2 is 2.00 bits per heavy atom. The molecular weight excluding hydrogens is 370 g/mol. The molecule has 0 spiro atoms. The lowest BCUT2D eigenvalue weighted by Gasteiger charge is -2.27. The van der Waals surface area contributed by atoms with E-state index in [1.807, 2.05) is 23.1 Å². The van der Waals surface area contributed by atoms with Gasteiger partial charge in [-0.05, 0) is 32.4 Å². The number of amides is 1. The van der Waals surface area contributed by atoms with Gasteiger partial charge in [-0.3, -0.25) is 9.69 Å². The minimum Gasteiger partial charge on any atom is -0.496 e. The molecule has 2 aliphatic rings. The molecule has 2 atom stereocenters. The Kier molecular flexibility index (Phi) is 5.56. The van der Waals surface area contributed by atoms with E-state index in [4.69, 9.17) is 4.74 Å². The summed E-state index contributed by atoms with van der Waals surface area (Å²) in [5.41, 5.74) is 0.581. The summed E-state index contributed by atoms with van der Waals surface area (Å²) in [6.45, 7) is 6.76. The summed E-state index contributed by atoms with van der Waals surface area (Å²) in [6.07, 6.45) is 0.982. The van der Waals surface area contributed by atoms with Crippen LogP contribution < -0.4 is 4.74 Å². The lowest BCUT2D eigenvalue weighted by atomic mass is 10.1. The number of para-hydroxylation sites is 1. The second-order valence-corrected chi connectivity index (χ2v) is 8.06. The van der Waals surface area contributed by atoms with Crippen LogP contribution in [0.2, 0.25) is 0 Å². The van der Waals surface area contributed by atoms with E-state index in [0.717, 1.165) is 11.6 Å². The number of nitrogens with zero attached hydrogens (tertiary/aromatic N) is 5. The largest absolute Gasteiger partial charge is 0.496 e. The number of rotatable bonds is 4. The first-order valence-corrected chi connectivity index (χ1v) is 10.3. The number of hydrogen-bond donors (Lipinski definition) is 1. The van der Waals surface area contributed by atoms with Crippen molar-refractivity contribution >= 4 is 5.91 Å². The summed E-state index contributed by atoms with van der Waals surface area (Å²) < 4.78 is 7.51. The highest BCUT2D eigenvalue weighted by Gasteiger charge is 2.37. The van der Waals surface area contributed by atoms with Crippen LogP contribution in [-0.4, -0.2) is 74.5 Å². The maximum absolute atomic E-state index is 13.1. The second-order valence-electron chi connectivity index (χ2n) is 8.06. The van der Waals surface area contributed by atoms with Crippen LogP contribution in [0, 0.1) is 0 Å². The summed E-state index contributed by atoms with van der Waals surface area (Å²) in [6, 6.07) is 7.71. The van der Waals surface area contributed by atoms with Crippen molar-refractivity contribution in [2.24, 2.45) is 0 Å². The van der Waals surface area contributed by atoms with E-state index in [1.165, 1.54) is 0 Å². The standard InChI is InChI=1S/C21H29N5O3/c1-14(2)26-13-15(27)12-17(26)20-23-22-19-8-9-24(10-11-25(19)20)21(28)16-6-4-5-7-18(16)29-3/h4-7,14-15,17,27H,8-13H2,1-3H3/t15-,17+/m1/s1. The molecule has 0 unspecified atom stereocenters. The van der Waals surface area contributed by atoms with Gasteiger partial charge in [-0.15, -0.1) is 10.2 Å². The summed E-state index contributed by atoms with van der Waals surface area (Å²) in [5.74, 6) is 2.37. The fourth-order valence-electron chi connectivity index (χ4n) is 4.45. The summed E-state index contributed by atoms with van der Waals surface area (Å²) in [7, 11) is 1.58. The zero-order valence-electron chi connectivity index (χ0n) is 17.3. The number of aliphatic hydroxyl groups is 1. The SMILES string of the molecule is COc1ccccc1C(=O)N1CCc2nnc([C@@H]3C[C@@H](O)CN3C(C)C)n2CC1. The molecule has 4 rings (SSSR count). The summed E-state index contributed by atoms with van der Waals surface area (Å²) in [4.78, 5) is 17.2. The first-order chi connectivity index (χ1) is 14.0. The molecule has 0 radical (unpaired) electrons. The molecule has 1 aromatic heterocycles. The van der Waals surface area contributed by atoms with E-state index in [9.17, 15) is 9.90 Å². The van der Waals surface area contributed by atoms with Gasteiger partial charge in [0.25, 0.3) is 5.91 Å². The second kappa shape index (κ2) is 8.12. The number of β-amino-alcohol motifs (C(OH)–C–C–N with tert-alkyl or cyclic N) is 1. The molecule has 1 amide bonds. The van der Waals surface area contributed by atoms with Crippen molar-refractivity contribution in [2.75, 3.05) is 26.7 Å². The van der Waals surface area contributed by atoms with Gasteiger partial charge in [-0.25, -0.2) is 0 Å². The molecular formula is C21H29N5O3. The lowest BCUT2D eigenvalue weighted by Crippen LogP contribution is -2.35. The number of benzene rings is 1. The van der Waals surface area contributed by atoms with E-state index in [2.05, 4.69) is 33.5 Å². The molecule has 2 aliphatic heterocycles. The minimum atomic E-state index is -0.343. The van der Waals surface area contributed by atoms with Crippen LogP contribution in [0.1, 0.15) is 48.3 Å². The smallest absolute Gasteiger partial charge is 0.257 e. The fourth-order valence-corrected chi connectivity index (χ4v) is 4.45. The van der Waals surface area contributed by atoms with Crippen LogP contribution in [0.25, 0.3) is 0 Å². The van der Waals surface area contributed by atoms with Crippen LogP contribution in [0.5, 0.6) is 5.75 Å². The van der Waals surface area contributed by atoms with Crippen LogP contribution in [0.3, 0.4) is 0 Å². The number of fused-ring (bicyclic) bond motifs is 1. The first-order valence-electron chi connectivity index (χ1n) is 10.3. The van der Waals surface area contributed by atoms with Crippen molar-refractivity contribution in [1.82, 2.24) is 24.6 Å². The first kappa shape index (κ1) is 19.8. The molecule has 0 bridgehead atoms. The van der Waals surface area contributed by atoms with Gasteiger partial charge >= 0.3 is 0 Å². The number of methoxy groups -OCH3 is 1. The zero-order chi connectivity index (χ0) is 20.5. The molecule has 1 saturated heterocycles. The van der Waals surface area contributed by atoms with Crippen molar-refractivity contribution in [3.63, 3.8) is 0 Å². The maximum atomic E-state index is 13.1. The zero-order valence-corrected chi connectivity index (χ0v) is 17.3. The Hall–Kier alpha value is -2.45. The number of likely N-dealkylation sites (tertiary alicyclic amines) is 1. The molecule has 0 aliphatic carbocycles. The van der Waals surface area contributed by atoms with Crippen molar-refractivity contribution in [1.29, 1.82) is 0 Å². The third kappa shape index (κ3) is 3.74. The van der Waals surface area contributed by atoms with Crippen molar-refractivity contribution in [3.8, 4) is 5.75 Å². The number of carbonyl (C=O) groups excluding carboxylic acids is 1. The topological polar surface area (TPSA) is 83.7 Å². The highest BCUT2D eigenvalue weighted by atomic mass is 16.5. The number of aromatic nitrogens is 3. The van der Waals surface area contributed by atoms with Gasteiger partial charge < -0.3 is 19.3 Å². The van der Waals surface area contributed by atoms with E-state index in [-0.39, 0.29) is 18.1 Å². The van der Waals surface area contributed by atoms with Gasteiger partial charge in [0.2, 0.25) is 0 Å². The Morgan fingerprint density at radius 3 is 2.76 bits per heavy atom. The Labute approximate surface area is 171 Å². The number of aliphatic hydroxyl groups excluding tert-OH is 1. The predicted molar refractivity (Wildman–Crippen MR) is 108 cm³/mol. The average Bonchev–Trinajstić information content (AvgIpc) is 3.24. The van der Waals surface area contributed by atoms with Gasteiger partial charge in [-0.2, -0.15) is 0 Å². The number of hydrogen-bond acceptors (Lipinski definition) is 6. The molecule has 29 heavy (non-hydrogen) atoms. The van der Waals surface area contributed by atoms with Gasteiger partial charge in [0, 0.05) is 38.6 Å². The maximum Gasteiger partial charge on any atom is 0.257 e. The normalized spacial score (nSPS) is 22.6. The van der Waals surface area contributed by atoms with Crippen molar-refractivity contribution < 1.29 is 14.6 Å². The molecule has 2 aromatic rings. The average molecular weight is 399 g/mol. The number of carbonyl (C=O) groups is 1. The van der Waals surface area contributed by atoms with Crippen LogP contribution >= 0.6 is 0 Å². The molecule has 156 valence electrons. The third-order valence-corrected chi connectivity index (χ3v) is 5.96. The minimum absolute atomic E-state index is 0.0252. The highest BCUT2D eigenvalue weighted by Crippen LogP contribution is 2.33. The monoisotopic (exact) mass is 399 g/mol. The van der Waals surface area contributed by atoms with E-state index >= 15 is 0 Å². The van der Waals surface area contributed by atoms with Crippen LogP contribution in [0.15, 0.2) is 24.3 Å². The Morgan fingerprint density at radius 1 is 1.21 bits per heavy atom. The molecule has 0 saturated carbocycles. The molecule has 8 heteroatoms. The quantitative estimate of drug-likeness (QED) is 0.839. The highest BCUT2D eigenvalue weighted by molar-refractivity contribution is 5.97. The van der Waals surface area contributed by atoms with Crippen molar-refractivity contribution in [2.45, 2.75) is 51.4 Å². The van der Waals surface area contributed by atoms with E-state index in [0.29, 0.717) is 56.4 Å². The molecule has 1 aromatic carbocycles. The van der Waals surface area contributed by atoms with Gasteiger partial charge in [-0.1, -0.05) is 12.1 Å². The molecule has 1 N–H and O–H groups in total. The Balaban J connectivity index is 1.54.